The second-order valence-corrected chi connectivity index (χ2v) is 7.74. The van der Waals surface area contributed by atoms with Gasteiger partial charge in [-0.15, -0.1) is 0 Å². The van der Waals surface area contributed by atoms with Crippen molar-refractivity contribution < 1.29 is 9.47 Å². The van der Waals surface area contributed by atoms with Crippen molar-refractivity contribution in [3.8, 4) is 17.1 Å². The Kier molecular flexibility index (Phi) is 11.8. The third kappa shape index (κ3) is 9.53. The van der Waals surface area contributed by atoms with E-state index in [9.17, 15) is 0 Å². The Balaban J connectivity index is 1.73. The molecule has 0 amide bonds. The first kappa shape index (κ1) is 24.1. The molecule has 2 rings (SSSR count). The van der Waals surface area contributed by atoms with Crippen LogP contribution in [-0.2, 0) is 4.74 Å². The molecule has 0 N–H and O–H groups in total. The lowest BCUT2D eigenvalue weighted by Crippen LogP contribution is -2.05. The number of hydrogen-bond donors (Lipinski definition) is 0. The maximum Gasteiger partial charge on any atom is 0.159 e. The van der Waals surface area contributed by atoms with Gasteiger partial charge in [0.25, 0.3) is 0 Å². The lowest BCUT2D eigenvalue weighted by atomic mass is 10.1. The van der Waals surface area contributed by atoms with Crippen molar-refractivity contribution in [1.29, 1.82) is 0 Å². The number of benzene rings is 1. The van der Waals surface area contributed by atoms with Gasteiger partial charge in [0.05, 0.1) is 25.1 Å². The summed E-state index contributed by atoms with van der Waals surface area (Å²) in [6.07, 6.45) is 18.0. The van der Waals surface area contributed by atoms with Crippen LogP contribution in [0.2, 0.25) is 0 Å². The van der Waals surface area contributed by atoms with Gasteiger partial charge in [-0.05, 0) is 32.3 Å². The second kappa shape index (κ2) is 14.7. The predicted octanol–water partition coefficient (Wildman–Crippen LogP) is 7.10. The van der Waals surface area contributed by atoms with Crippen LogP contribution < -0.4 is 4.74 Å². The van der Waals surface area contributed by atoms with Crippen molar-refractivity contribution in [3.63, 3.8) is 0 Å². The minimum absolute atomic E-state index is 0.255. The first-order valence-corrected chi connectivity index (χ1v) is 11.6. The summed E-state index contributed by atoms with van der Waals surface area (Å²) < 4.78 is 11.3. The zero-order chi connectivity index (χ0) is 21.4. The minimum Gasteiger partial charge on any atom is -0.490 e. The van der Waals surface area contributed by atoms with Crippen molar-refractivity contribution in [3.05, 3.63) is 48.3 Å². The van der Waals surface area contributed by atoms with Crippen LogP contribution in [0.4, 0.5) is 0 Å². The van der Waals surface area contributed by atoms with Crippen LogP contribution in [0.1, 0.15) is 77.7 Å². The fourth-order valence-corrected chi connectivity index (χ4v) is 3.28. The van der Waals surface area contributed by atoms with Crippen LogP contribution in [0.15, 0.2) is 42.7 Å². The van der Waals surface area contributed by atoms with Crippen molar-refractivity contribution in [2.45, 2.75) is 78.2 Å². The number of nitrogens with zero attached hydrogens (tertiary/aromatic N) is 2. The summed E-state index contributed by atoms with van der Waals surface area (Å²) in [5, 5.41) is 0. The highest BCUT2D eigenvalue weighted by Gasteiger charge is 2.03. The van der Waals surface area contributed by atoms with Gasteiger partial charge in [0.2, 0.25) is 0 Å². The van der Waals surface area contributed by atoms with E-state index in [0.717, 1.165) is 48.8 Å². The van der Waals surface area contributed by atoms with Crippen molar-refractivity contribution >= 4 is 6.08 Å². The van der Waals surface area contributed by atoms with E-state index >= 15 is 0 Å². The molecular formula is C26H38N2O2. The van der Waals surface area contributed by atoms with Crippen molar-refractivity contribution in [2.24, 2.45) is 0 Å². The Hall–Kier alpha value is -2.20. The van der Waals surface area contributed by atoms with Gasteiger partial charge in [-0.2, -0.15) is 0 Å². The normalized spacial score (nSPS) is 12.4. The second-order valence-electron chi connectivity index (χ2n) is 7.74. The highest BCUT2D eigenvalue weighted by atomic mass is 16.5. The van der Waals surface area contributed by atoms with Crippen LogP contribution in [0, 0.1) is 0 Å². The molecule has 0 spiro atoms. The van der Waals surface area contributed by atoms with E-state index in [2.05, 4.69) is 60.2 Å². The fourth-order valence-electron chi connectivity index (χ4n) is 3.28. The zero-order valence-electron chi connectivity index (χ0n) is 19.0. The standard InChI is InChI=1S/C26H38N2O2/c1-4-6-7-8-9-10-11-19-30-25-20-27-26(28-21-25)24-17-15-23(16-18-24)14-12-13-22(3)29-5-2/h12,14-18,20-22H,4-11,13,19H2,1-3H3. The molecule has 0 bridgehead atoms. The molecule has 0 radical (unpaired) electrons. The number of aromatic nitrogens is 2. The molecular weight excluding hydrogens is 372 g/mol. The van der Waals surface area contributed by atoms with Crippen molar-refractivity contribution in [2.75, 3.05) is 13.2 Å². The lowest BCUT2D eigenvalue weighted by molar-refractivity contribution is 0.0788. The van der Waals surface area contributed by atoms with E-state index in [1.807, 2.05) is 6.92 Å². The Morgan fingerprint density at radius 3 is 2.23 bits per heavy atom. The van der Waals surface area contributed by atoms with Gasteiger partial charge in [-0.3, -0.25) is 0 Å². The topological polar surface area (TPSA) is 44.2 Å². The van der Waals surface area contributed by atoms with Gasteiger partial charge in [-0.1, -0.05) is 81.9 Å². The monoisotopic (exact) mass is 410 g/mol. The SMILES string of the molecule is CCCCCCCCCOc1cnc(-c2ccc(C=CCC(C)OCC)cc2)nc1. The molecule has 1 atom stereocenters. The molecule has 1 unspecified atom stereocenters. The summed E-state index contributed by atoms with van der Waals surface area (Å²) in [5.41, 5.74) is 2.17. The lowest BCUT2D eigenvalue weighted by Gasteiger charge is -2.07. The highest BCUT2D eigenvalue weighted by Crippen LogP contribution is 2.18. The largest absolute Gasteiger partial charge is 0.490 e. The predicted molar refractivity (Wildman–Crippen MR) is 126 cm³/mol. The molecule has 0 aliphatic rings. The van der Waals surface area contributed by atoms with E-state index in [1.54, 1.807) is 12.4 Å². The molecule has 1 aromatic carbocycles. The highest BCUT2D eigenvalue weighted by molar-refractivity contribution is 5.59. The first-order chi connectivity index (χ1) is 14.7. The van der Waals surface area contributed by atoms with E-state index in [-0.39, 0.29) is 6.10 Å². The fraction of sp³-hybridized carbons (Fsp3) is 0.538. The summed E-state index contributed by atoms with van der Waals surface area (Å²) >= 11 is 0. The Bertz CT molecular complexity index is 711. The molecule has 164 valence electrons. The van der Waals surface area contributed by atoms with Crippen LogP contribution in [-0.4, -0.2) is 29.3 Å². The zero-order valence-corrected chi connectivity index (χ0v) is 19.0. The summed E-state index contributed by atoms with van der Waals surface area (Å²) in [7, 11) is 0. The molecule has 4 heteroatoms. The van der Waals surface area contributed by atoms with Gasteiger partial charge < -0.3 is 9.47 Å². The molecule has 4 nitrogen and oxygen atoms in total. The number of rotatable bonds is 15. The molecule has 0 fully saturated rings. The number of hydrogen-bond acceptors (Lipinski definition) is 4. The number of ether oxygens (including phenoxy) is 2. The van der Waals surface area contributed by atoms with E-state index < -0.39 is 0 Å². The van der Waals surface area contributed by atoms with Gasteiger partial charge >= 0.3 is 0 Å². The Morgan fingerprint density at radius 2 is 1.57 bits per heavy atom. The molecule has 30 heavy (non-hydrogen) atoms. The van der Waals surface area contributed by atoms with E-state index in [4.69, 9.17) is 9.47 Å². The molecule has 0 aliphatic heterocycles. The van der Waals surface area contributed by atoms with Gasteiger partial charge in [0.1, 0.15) is 0 Å². The average molecular weight is 411 g/mol. The van der Waals surface area contributed by atoms with Gasteiger partial charge in [0.15, 0.2) is 11.6 Å². The third-order valence-electron chi connectivity index (χ3n) is 5.04. The average Bonchev–Trinajstić information content (AvgIpc) is 2.77. The molecule has 0 aliphatic carbocycles. The van der Waals surface area contributed by atoms with Gasteiger partial charge in [-0.25, -0.2) is 9.97 Å². The van der Waals surface area contributed by atoms with Crippen LogP contribution in [0.25, 0.3) is 17.5 Å². The third-order valence-corrected chi connectivity index (χ3v) is 5.04. The maximum absolute atomic E-state index is 5.78. The van der Waals surface area contributed by atoms with Gasteiger partial charge in [0, 0.05) is 12.2 Å². The summed E-state index contributed by atoms with van der Waals surface area (Å²) in [5.74, 6) is 1.46. The van der Waals surface area contributed by atoms with E-state index in [1.165, 1.54) is 38.5 Å². The van der Waals surface area contributed by atoms with Crippen LogP contribution in [0.5, 0.6) is 5.75 Å². The summed E-state index contributed by atoms with van der Waals surface area (Å²) in [6, 6.07) is 8.29. The van der Waals surface area contributed by atoms with Crippen molar-refractivity contribution in [1.82, 2.24) is 9.97 Å². The summed E-state index contributed by atoms with van der Waals surface area (Å²) in [4.78, 5) is 8.93. The smallest absolute Gasteiger partial charge is 0.159 e. The number of unbranched alkanes of at least 4 members (excludes halogenated alkanes) is 6. The first-order valence-electron chi connectivity index (χ1n) is 11.6. The Morgan fingerprint density at radius 1 is 0.900 bits per heavy atom. The molecule has 1 heterocycles. The summed E-state index contributed by atoms with van der Waals surface area (Å²) in [6.45, 7) is 7.86. The van der Waals surface area contributed by atoms with Crippen LogP contribution in [0.3, 0.4) is 0 Å². The molecule has 1 aromatic heterocycles. The van der Waals surface area contributed by atoms with E-state index in [0.29, 0.717) is 0 Å². The quantitative estimate of drug-likeness (QED) is 0.294. The molecule has 2 aromatic rings. The van der Waals surface area contributed by atoms with Crippen LogP contribution >= 0.6 is 0 Å². The maximum atomic E-state index is 5.78. The minimum atomic E-state index is 0.255. The molecule has 0 saturated carbocycles. The Labute approximate surface area is 182 Å². The molecule has 0 saturated heterocycles.